The van der Waals surface area contributed by atoms with E-state index in [9.17, 15) is 0 Å². The van der Waals surface area contributed by atoms with Crippen LogP contribution in [0.2, 0.25) is 0 Å². The molecule has 0 atom stereocenters. The lowest BCUT2D eigenvalue weighted by Gasteiger charge is -2.39. The maximum absolute atomic E-state index is 9.14. The van der Waals surface area contributed by atoms with Crippen LogP contribution in [-0.2, 0) is 11.3 Å². The number of carbonyl (C=O) groups is 1. The summed E-state index contributed by atoms with van der Waals surface area (Å²) in [7, 11) is 0. The van der Waals surface area contributed by atoms with Gasteiger partial charge < -0.3 is 14.4 Å². The van der Waals surface area contributed by atoms with Gasteiger partial charge in [-0.2, -0.15) is 0 Å². The number of hydrogen-bond donors (Lipinski definition) is 0. The van der Waals surface area contributed by atoms with Crippen LogP contribution in [0.15, 0.2) is 43.0 Å². The summed E-state index contributed by atoms with van der Waals surface area (Å²) in [6.07, 6.45) is 8.74. The predicted octanol–water partition coefficient (Wildman–Crippen LogP) is 4.33. The second-order valence-corrected chi connectivity index (χ2v) is 6.74. The van der Waals surface area contributed by atoms with Crippen LogP contribution in [0.3, 0.4) is 0 Å². The third kappa shape index (κ3) is 11.5. The zero-order chi connectivity index (χ0) is 19.0. The number of benzene rings is 1. The molecule has 1 aromatic rings. The molecule has 1 aromatic carbocycles. The van der Waals surface area contributed by atoms with Gasteiger partial charge in [0.05, 0.1) is 25.6 Å². The van der Waals surface area contributed by atoms with E-state index in [1.165, 1.54) is 74.8 Å². The summed E-state index contributed by atoms with van der Waals surface area (Å²) in [6.45, 7) is 15.1. The van der Waals surface area contributed by atoms with E-state index >= 15 is 0 Å². The van der Waals surface area contributed by atoms with Crippen molar-refractivity contribution in [3.8, 4) is 0 Å². The fourth-order valence-electron chi connectivity index (χ4n) is 3.02. The Morgan fingerprint density at radius 3 is 1.68 bits per heavy atom. The smallest absolute Gasteiger partial charge is 0.104 e. The topological polar surface area (TPSA) is 40.1 Å². The Morgan fingerprint density at radius 2 is 1.36 bits per heavy atom. The van der Waals surface area contributed by atoms with Gasteiger partial charge in [-0.1, -0.05) is 76.9 Å². The average molecular weight is 348 g/mol. The quantitative estimate of drug-likeness (QED) is 0.417. The van der Waals surface area contributed by atoms with Gasteiger partial charge in [0.1, 0.15) is 6.54 Å². The first kappa shape index (κ1) is 23.4. The Hall–Kier alpha value is -1.61. The van der Waals surface area contributed by atoms with Gasteiger partial charge >= 0.3 is 0 Å². The van der Waals surface area contributed by atoms with Gasteiger partial charge in [0.15, 0.2) is 0 Å². The molecule has 0 unspecified atom stereocenters. The van der Waals surface area contributed by atoms with Gasteiger partial charge in [0, 0.05) is 5.56 Å². The normalized spacial score (nSPS) is 10.7. The first-order chi connectivity index (χ1) is 12.0. The Balaban J connectivity index is 0.00000101. The van der Waals surface area contributed by atoms with Crippen LogP contribution in [0.1, 0.15) is 64.9 Å². The number of carbonyl (C=O) groups excluding carboxylic acids is 1. The number of hydrogen-bond acceptors (Lipinski definition) is 2. The number of nitrogens with zero attached hydrogens (tertiary/aromatic N) is 1. The zero-order valence-electron chi connectivity index (χ0n) is 16.5. The van der Waals surface area contributed by atoms with Crippen molar-refractivity contribution < 1.29 is 14.4 Å². The van der Waals surface area contributed by atoms with Crippen molar-refractivity contribution in [2.24, 2.45) is 0 Å². The van der Waals surface area contributed by atoms with E-state index < -0.39 is 5.97 Å². The third-order valence-corrected chi connectivity index (χ3v) is 4.49. The van der Waals surface area contributed by atoms with Crippen LogP contribution in [0.5, 0.6) is 0 Å². The Morgan fingerprint density at radius 1 is 0.960 bits per heavy atom. The molecule has 0 aliphatic heterocycles. The molecule has 3 heteroatoms. The standard InChI is InChI=1S/C19H34N.C3H4O2/c1-4-7-15-20(16-8-5-2,17-9-6-3)18-19-13-11-10-12-14-19;1-2-3(4)5/h10-14H,4-9,15-18H2,1-3H3;2H,1H2,(H,4,5)/q+1;/p-1. The molecule has 0 radical (unpaired) electrons. The highest BCUT2D eigenvalue weighted by molar-refractivity contribution is 5.76. The highest BCUT2D eigenvalue weighted by atomic mass is 16.4. The number of rotatable bonds is 12. The molecular formula is C22H37NO2. The lowest BCUT2D eigenvalue weighted by atomic mass is 10.1. The van der Waals surface area contributed by atoms with Crippen LogP contribution < -0.4 is 5.11 Å². The van der Waals surface area contributed by atoms with E-state index in [1.54, 1.807) is 0 Å². The maximum Gasteiger partial charge on any atom is 0.104 e. The van der Waals surface area contributed by atoms with Gasteiger partial charge in [0.25, 0.3) is 0 Å². The molecule has 0 saturated heterocycles. The van der Waals surface area contributed by atoms with E-state index in [0.29, 0.717) is 0 Å². The van der Waals surface area contributed by atoms with E-state index in [1.807, 2.05) is 0 Å². The van der Waals surface area contributed by atoms with Gasteiger partial charge in [-0.3, -0.25) is 0 Å². The summed E-state index contributed by atoms with van der Waals surface area (Å²) in [4.78, 5) is 9.14. The predicted molar refractivity (Wildman–Crippen MR) is 105 cm³/mol. The molecule has 0 fully saturated rings. The van der Waals surface area contributed by atoms with Crippen molar-refractivity contribution in [3.63, 3.8) is 0 Å². The molecular weight excluding hydrogens is 310 g/mol. The van der Waals surface area contributed by atoms with Crippen LogP contribution in [0, 0.1) is 0 Å². The van der Waals surface area contributed by atoms with E-state index in [0.717, 1.165) is 6.08 Å². The van der Waals surface area contributed by atoms with Gasteiger partial charge in [-0.15, -0.1) is 0 Å². The number of quaternary nitrogens is 1. The average Bonchev–Trinajstić information content (AvgIpc) is 2.64. The van der Waals surface area contributed by atoms with Crippen LogP contribution >= 0.6 is 0 Å². The van der Waals surface area contributed by atoms with Crippen molar-refractivity contribution in [1.29, 1.82) is 0 Å². The molecule has 0 aromatic heterocycles. The molecule has 0 heterocycles. The third-order valence-electron chi connectivity index (χ3n) is 4.49. The summed E-state index contributed by atoms with van der Waals surface area (Å²) in [5.74, 6) is -1.23. The van der Waals surface area contributed by atoms with E-state index in [2.05, 4.69) is 57.7 Å². The minimum Gasteiger partial charge on any atom is -0.545 e. The molecule has 0 saturated carbocycles. The fraction of sp³-hybridized carbons (Fsp3) is 0.591. The zero-order valence-corrected chi connectivity index (χ0v) is 16.5. The lowest BCUT2D eigenvalue weighted by molar-refractivity contribution is -0.941. The molecule has 3 nitrogen and oxygen atoms in total. The summed E-state index contributed by atoms with van der Waals surface area (Å²) in [5.41, 5.74) is 1.51. The van der Waals surface area contributed by atoms with Gasteiger partial charge in [-0.25, -0.2) is 0 Å². The molecule has 0 bridgehead atoms. The summed E-state index contributed by atoms with van der Waals surface area (Å²) in [5, 5.41) is 9.14. The maximum atomic E-state index is 9.14. The van der Waals surface area contributed by atoms with Crippen molar-refractivity contribution in [2.45, 2.75) is 65.8 Å². The number of unbranched alkanes of at least 4 members (excludes halogenated alkanes) is 3. The second kappa shape index (κ2) is 14.7. The Bertz CT molecular complexity index is 435. The summed E-state index contributed by atoms with van der Waals surface area (Å²) >= 11 is 0. The molecule has 1 rings (SSSR count). The highest BCUT2D eigenvalue weighted by Gasteiger charge is 2.25. The highest BCUT2D eigenvalue weighted by Crippen LogP contribution is 2.19. The fourth-order valence-corrected chi connectivity index (χ4v) is 3.02. The Labute approximate surface area is 155 Å². The van der Waals surface area contributed by atoms with Crippen LogP contribution in [0.4, 0.5) is 0 Å². The minimum atomic E-state index is -1.23. The Kier molecular flexibility index (Phi) is 13.8. The molecule has 0 spiro atoms. The number of carboxylic acids is 1. The van der Waals surface area contributed by atoms with Crippen molar-refractivity contribution in [3.05, 3.63) is 48.6 Å². The summed E-state index contributed by atoms with van der Waals surface area (Å²) < 4.78 is 1.31. The van der Waals surface area contributed by atoms with Crippen LogP contribution in [-0.4, -0.2) is 30.1 Å². The second-order valence-electron chi connectivity index (χ2n) is 6.74. The van der Waals surface area contributed by atoms with E-state index in [-0.39, 0.29) is 0 Å². The van der Waals surface area contributed by atoms with Crippen molar-refractivity contribution >= 4 is 5.97 Å². The van der Waals surface area contributed by atoms with E-state index in [4.69, 9.17) is 9.90 Å². The van der Waals surface area contributed by atoms with Crippen molar-refractivity contribution in [1.82, 2.24) is 0 Å². The monoisotopic (exact) mass is 347 g/mol. The minimum absolute atomic E-state index is 0.722. The lowest BCUT2D eigenvalue weighted by Crippen LogP contribution is -2.49. The number of aliphatic carboxylic acids is 1. The molecule has 25 heavy (non-hydrogen) atoms. The van der Waals surface area contributed by atoms with Crippen LogP contribution in [0.25, 0.3) is 0 Å². The first-order valence-corrected chi connectivity index (χ1v) is 9.76. The van der Waals surface area contributed by atoms with Gasteiger partial charge in [-0.05, 0) is 25.3 Å². The summed E-state index contributed by atoms with van der Waals surface area (Å²) in [6, 6.07) is 11.1. The molecule has 142 valence electrons. The molecule has 0 aliphatic rings. The van der Waals surface area contributed by atoms with Gasteiger partial charge in [0.2, 0.25) is 0 Å². The van der Waals surface area contributed by atoms with Crippen molar-refractivity contribution in [2.75, 3.05) is 19.6 Å². The molecule has 0 aliphatic carbocycles. The SMILES string of the molecule is C=CC(=O)[O-].CCCC[N+](CCCC)(CCCC)Cc1ccccc1. The molecule has 0 amide bonds. The largest absolute Gasteiger partial charge is 0.545 e. The molecule has 0 N–H and O–H groups in total. The number of carboxylic acid groups (broad SMARTS) is 1. The first-order valence-electron chi connectivity index (χ1n) is 9.76.